The van der Waals surface area contributed by atoms with Crippen LogP contribution in [0.5, 0.6) is 0 Å². The molecule has 0 aliphatic heterocycles. The predicted molar refractivity (Wildman–Crippen MR) is 93.2 cm³/mol. The largest absolute Gasteiger partial charge is 0.292 e. The van der Waals surface area contributed by atoms with Gasteiger partial charge in [-0.05, 0) is 25.0 Å². The van der Waals surface area contributed by atoms with Gasteiger partial charge in [-0.3, -0.25) is 4.79 Å². The average molecular weight is 336 g/mol. The van der Waals surface area contributed by atoms with Gasteiger partial charge in [-0.1, -0.05) is 26.0 Å². The van der Waals surface area contributed by atoms with Gasteiger partial charge in [0, 0.05) is 6.20 Å². The van der Waals surface area contributed by atoms with E-state index in [4.69, 9.17) is 0 Å². The summed E-state index contributed by atoms with van der Waals surface area (Å²) in [5.41, 5.74) is 1.88. The number of Topliss-reactive ketones (excluding diaryl/α,β-unsaturated/α-hetero) is 1. The molecule has 120 valence electrons. The van der Waals surface area contributed by atoms with Crippen LogP contribution in [0, 0.1) is 18.3 Å². The molecule has 0 fully saturated rings. The van der Waals surface area contributed by atoms with Crippen molar-refractivity contribution in [2.24, 2.45) is 0 Å². The summed E-state index contributed by atoms with van der Waals surface area (Å²) in [5, 5.41) is 10.1. The van der Waals surface area contributed by atoms with Crippen LogP contribution in [0.25, 0.3) is 10.2 Å². The summed E-state index contributed by atoms with van der Waals surface area (Å²) in [5.74, 6) is -0.546. The summed E-state index contributed by atoms with van der Waals surface area (Å²) in [4.78, 5) is 25.9. The molecule has 24 heavy (non-hydrogen) atoms. The van der Waals surface area contributed by atoms with Crippen LogP contribution in [0.15, 0.2) is 30.5 Å². The van der Waals surface area contributed by atoms with Crippen molar-refractivity contribution in [1.29, 1.82) is 5.26 Å². The normalized spacial score (nSPS) is 12.3. The van der Waals surface area contributed by atoms with Gasteiger partial charge in [0.15, 0.2) is 11.7 Å². The molecule has 1 aromatic carbocycles. The van der Waals surface area contributed by atoms with Crippen molar-refractivity contribution in [2.75, 3.05) is 0 Å². The number of rotatable bonds is 4. The average Bonchev–Trinajstić information content (AvgIpc) is 2.98. The first-order valence-electron chi connectivity index (χ1n) is 7.64. The van der Waals surface area contributed by atoms with Crippen LogP contribution in [-0.2, 0) is 0 Å². The number of ketones is 1. The Morgan fingerprint density at radius 2 is 2.00 bits per heavy atom. The number of fused-ring (bicyclic) bond motifs is 1. The van der Waals surface area contributed by atoms with Gasteiger partial charge < -0.3 is 0 Å². The zero-order chi connectivity index (χ0) is 17.3. The molecule has 5 nitrogen and oxygen atoms in total. The van der Waals surface area contributed by atoms with Crippen LogP contribution < -0.4 is 0 Å². The van der Waals surface area contributed by atoms with E-state index in [0.717, 1.165) is 10.2 Å². The highest BCUT2D eigenvalue weighted by Gasteiger charge is 2.28. The summed E-state index contributed by atoms with van der Waals surface area (Å²) < 4.78 is 0.963. The maximum absolute atomic E-state index is 13.0. The van der Waals surface area contributed by atoms with Crippen LogP contribution in [0.3, 0.4) is 0 Å². The minimum atomic E-state index is -0.939. The van der Waals surface area contributed by atoms with Crippen molar-refractivity contribution < 1.29 is 4.79 Å². The number of carbonyl (C=O) groups is 1. The van der Waals surface area contributed by atoms with Crippen molar-refractivity contribution in [1.82, 2.24) is 15.0 Å². The van der Waals surface area contributed by atoms with Gasteiger partial charge in [0.1, 0.15) is 10.8 Å². The smallest absolute Gasteiger partial charge is 0.190 e. The lowest BCUT2D eigenvalue weighted by atomic mass is 9.95. The molecule has 0 aliphatic carbocycles. The van der Waals surface area contributed by atoms with Crippen LogP contribution >= 0.6 is 11.3 Å². The second-order valence-electron chi connectivity index (χ2n) is 5.82. The van der Waals surface area contributed by atoms with E-state index in [1.807, 2.05) is 38.1 Å². The molecule has 3 aromatic rings. The molecule has 0 aliphatic rings. The number of benzene rings is 1. The zero-order valence-electron chi connectivity index (χ0n) is 13.6. The monoisotopic (exact) mass is 336 g/mol. The van der Waals surface area contributed by atoms with Gasteiger partial charge in [-0.15, -0.1) is 11.3 Å². The van der Waals surface area contributed by atoms with Crippen molar-refractivity contribution in [3.8, 4) is 6.07 Å². The molecule has 0 amide bonds. The van der Waals surface area contributed by atoms with E-state index in [1.165, 1.54) is 17.5 Å². The SMILES string of the molecule is Cc1ncc(C(=O)[C@H](C#N)c2nc3ccccc3s2)c(C(C)C)n1. The van der Waals surface area contributed by atoms with E-state index < -0.39 is 5.92 Å². The highest BCUT2D eigenvalue weighted by atomic mass is 32.1. The van der Waals surface area contributed by atoms with E-state index in [-0.39, 0.29) is 11.7 Å². The molecule has 0 radical (unpaired) electrons. The third-order valence-electron chi connectivity index (χ3n) is 3.70. The number of aryl methyl sites for hydroxylation is 1. The van der Waals surface area contributed by atoms with Crippen LogP contribution in [0.2, 0.25) is 0 Å². The fraction of sp³-hybridized carbons (Fsp3) is 0.278. The number of nitrogens with zero attached hydrogens (tertiary/aromatic N) is 4. The lowest BCUT2D eigenvalue weighted by molar-refractivity contribution is 0.0976. The number of aromatic nitrogens is 3. The van der Waals surface area contributed by atoms with Crippen molar-refractivity contribution in [3.63, 3.8) is 0 Å². The minimum absolute atomic E-state index is 0.0698. The molecule has 0 unspecified atom stereocenters. The molecule has 6 heteroatoms. The molecule has 3 rings (SSSR count). The fourth-order valence-corrected chi connectivity index (χ4v) is 3.52. The molecular weight excluding hydrogens is 320 g/mol. The Hall–Kier alpha value is -2.65. The Morgan fingerprint density at radius 3 is 2.67 bits per heavy atom. The third kappa shape index (κ3) is 2.91. The van der Waals surface area contributed by atoms with Crippen molar-refractivity contribution >= 4 is 27.3 Å². The Kier molecular flexibility index (Phi) is 4.36. The Balaban J connectivity index is 2.06. The van der Waals surface area contributed by atoms with Crippen molar-refractivity contribution in [3.05, 3.63) is 52.6 Å². The molecule has 0 N–H and O–H groups in total. The zero-order valence-corrected chi connectivity index (χ0v) is 14.5. The number of nitriles is 1. The number of hydrogen-bond acceptors (Lipinski definition) is 6. The highest BCUT2D eigenvalue weighted by molar-refractivity contribution is 7.18. The Morgan fingerprint density at radius 1 is 1.25 bits per heavy atom. The van der Waals surface area contributed by atoms with Crippen molar-refractivity contribution in [2.45, 2.75) is 32.6 Å². The summed E-state index contributed by atoms with van der Waals surface area (Å²) in [6.07, 6.45) is 1.53. The van der Waals surface area contributed by atoms with Crippen LogP contribution in [0.4, 0.5) is 0 Å². The van der Waals surface area contributed by atoms with Gasteiger partial charge >= 0.3 is 0 Å². The van der Waals surface area contributed by atoms with Crippen LogP contribution in [-0.4, -0.2) is 20.7 Å². The number of hydrogen-bond donors (Lipinski definition) is 0. The molecule has 0 saturated carbocycles. The summed E-state index contributed by atoms with van der Waals surface area (Å²) in [6, 6.07) is 9.72. The quantitative estimate of drug-likeness (QED) is 0.673. The first-order chi connectivity index (χ1) is 11.5. The summed E-state index contributed by atoms with van der Waals surface area (Å²) in [7, 11) is 0. The van der Waals surface area contributed by atoms with Gasteiger partial charge in [0.05, 0.1) is 27.5 Å². The maximum Gasteiger partial charge on any atom is 0.190 e. The minimum Gasteiger partial charge on any atom is -0.292 e. The maximum atomic E-state index is 13.0. The topological polar surface area (TPSA) is 79.5 Å². The lowest BCUT2D eigenvalue weighted by Gasteiger charge is -2.12. The first-order valence-corrected chi connectivity index (χ1v) is 8.45. The lowest BCUT2D eigenvalue weighted by Crippen LogP contribution is -2.16. The van der Waals surface area contributed by atoms with Gasteiger partial charge in [0.25, 0.3) is 0 Å². The third-order valence-corrected chi connectivity index (χ3v) is 4.80. The molecule has 2 heterocycles. The van der Waals surface area contributed by atoms with E-state index in [1.54, 1.807) is 6.92 Å². The molecule has 2 aromatic heterocycles. The van der Waals surface area contributed by atoms with E-state index >= 15 is 0 Å². The number of para-hydroxylation sites is 1. The van der Waals surface area contributed by atoms with Gasteiger partial charge in [0.2, 0.25) is 0 Å². The molecule has 1 atom stereocenters. The molecule has 0 bridgehead atoms. The second-order valence-corrected chi connectivity index (χ2v) is 6.88. The Labute approximate surface area is 144 Å². The first kappa shape index (κ1) is 16.2. The van der Waals surface area contributed by atoms with E-state index in [2.05, 4.69) is 21.0 Å². The van der Waals surface area contributed by atoms with Gasteiger partial charge in [-0.25, -0.2) is 15.0 Å². The van der Waals surface area contributed by atoms with Crippen LogP contribution in [0.1, 0.15) is 52.6 Å². The second kappa shape index (κ2) is 6.46. The number of thiazole rings is 1. The standard InChI is InChI=1S/C18H16N4OS/c1-10(2)16-13(9-20-11(3)21-16)17(23)12(8-19)18-22-14-6-4-5-7-15(14)24-18/h4-7,9-10,12H,1-3H3/t12-/m0/s1. The van der Waals surface area contributed by atoms with Gasteiger partial charge in [-0.2, -0.15) is 5.26 Å². The number of carbonyl (C=O) groups excluding carboxylic acids is 1. The van der Waals surface area contributed by atoms with E-state index in [0.29, 0.717) is 22.1 Å². The molecular formula is C18H16N4OS. The fourth-order valence-electron chi connectivity index (χ4n) is 2.51. The predicted octanol–water partition coefficient (Wildman–Crippen LogP) is 4.01. The van der Waals surface area contributed by atoms with E-state index in [9.17, 15) is 10.1 Å². The highest BCUT2D eigenvalue weighted by Crippen LogP contribution is 2.30. The molecule has 0 spiro atoms. The summed E-state index contributed by atoms with van der Waals surface area (Å²) in [6.45, 7) is 5.73. The summed E-state index contributed by atoms with van der Waals surface area (Å²) >= 11 is 1.38. The molecule has 0 saturated heterocycles. The Bertz CT molecular complexity index is 922.